The van der Waals surface area contributed by atoms with Crippen molar-refractivity contribution in [3.63, 3.8) is 0 Å². The number of ether oxygens (including phenoxy) is 4. The highest BCUT2D eigenvalue weighted by Gasteiger charge is 2.30. The van der Waals surface area contributed by atoms with E-state index in [0.29, 0.717) is 25.7 Å². The minimum atomic E-state index is -4.96. The molecule has 600 valence electrons. The lowest BCUT2D eigenvalue weighted by Gasteiger charge is -2.21. The Bertz CT molecular complexity index is 1960. The molecule has 0 saturated carbocycles. The Labute approximate surface area is 619 Å². The van der Waals surface area contributed by atoms with Gasteiger partial charge in [0.25, 0.3) is 0 Å². The van der Waals surface area contributed by atoms with Crippen LogP contribution in [0.1, 0.15) is 427 Å². The van der Waals surface area contributed by atoms with Crippen molar-refractivity contribution in [2.75, 3.05) is 39.6 Å². The third-order valence-corrected chi connectivity index (χ3v) is 21.0. The van der Waals surface area contributed by atoms with Crippen LogP contribution in [-0.4, -0.2) is 96.7 Å². The highest BCUT2D eigenvalue weighted by molar-refractivity contribution is 7.47. The van der Waals surface area contributed by atoms with Crippen molar-refractivity contribution in [1.29, 1.82) is 0 Å². The van der Waals surface area contributed by atoms with Crippen molar-refractivity contribution in [2.24, 2.45) is 17.8 Å². The van der Waals surface area contributed by atoms with Gasteiger partial charge in [-0.05, 0) is 43.4 Å². The van der Waals surface area contributed by atoms with E-state index in [0.717, 1.165) is 114 Å². The van der Waals surface area contributed by atoms with Crippen molar-refractivity contribution in [2.45, 2.75) is 446 Å². The lowest BCUT2D eigenvalue weighted by Crippen LogP contribution is -2.30. The zero-order valence-corrected chi connectivity index (χ0v) is 68.2. The number of hydrogen-bond acceptors (Lipinski definition) is 15. The summed E-state index contributed by atoms with van der Waals surface area (Å²) in [7, 11) is -9.92. The molecule has 0 aromatic heterocycles. The summed E-state index contributed by atoms with van der Waals surface area (Å²) in [6.45, 7) is 12.0. The van der Waals surface area contributed by atoms with Crippen LogP contribution in [-0.2, 0) is 65.4 Å². The van der Waals surface area contributed by atoms with Gasteiger partial charge in [-0.1, -0.05) is 376 Å². The predicted octanol–water partition coefficient (Wildman–Crippen LogP) is 24.5. The molecule has 3 N–H and O–H groups in total. The van der Waals surface area contributed by atoms with E-state index in [9.17, 15) is 43.2 Å². The van der Waals surface area contributed by atoms with Crippen LogP contribution in [0.3, 0.4) is 0 Å². The first-order valence-electron chi connectivity index (χ1n) is 42.3. The monoisotopic (exact) mass is 1480 g/mol. The number of esters is 4. The fourth-order valence-electron chi connectivity index (χ4n) is 12.7. The molecule has 0 fully saturated rings. The molecule has 17 nitrogen and oxygen atoms in total. The normalized spacial score (nSPS) is 14.0. The van der Waals surface area contributed by atoms with Gasteiger partial charge in [-0.3, -0.25) is 37.3 Å². The summed E-state index contributed by atoms with van der Waals surface area (Å²) in [5.41, 5.74) is 0. The number of hydrogen-bond donors (Lipinski definition) is 3. The maximum Gasteiger partial charge on any atom is 0.472 e. The number of phosphoric ester groups is 2. The Kier molecular flexibility index (Phi) is 70.9. The van der Waals surface area contributed by atoms with Crippen LogP contribution in [0.5, 0.6) is 0 Å². The van der Waals surface area contributed by atoms with Gasteiger partial charge in [0.1, 0.15) is 19.3 Å². The highest BCUT2D eigenvalue weighted by atomic mass is 31.2. The third-order valence-electron chi connectivity index (χ3n) is 19.1. The first-order valence-corrected chi connectivity index (χ1v) is 45.3. The van der Waals surface area contributed by atoms with Gasteiger partial charge in [-0.15, -0.1) is 0 Å². The summed E-state index contributed by atoms with van der Waals surface area (Å²) in [6, 6.07) is 0. The second kappa shape index (κ2) is 72.3. The molecular weight excluding hydrogens is 1320 g/mol. The highest BCUT2D eigenvalue weighted by Crippen LogP contribution is 2.45. The van der Waals surface area contributed by atoms with Gasteiger partial charge in [-0.25, -0.2) is 9.13 Å². The Morgan fingerprint density at radius 1 is 0.267 bits per heavy atom. The lowest BCUT2D eigenvalue weighted by atomic mass is 10.0. The molecule has 0 amide bonds. The summed E-state index contributed by atoms with van der Waals surface area (Å²) in [5, 5.41) is 10.6. The van der Waals surface area contributed by atoms with Gasteiger partial charge >= 0.3 is 39.5 Å². The largest absolute Gasteiger partial charge is 0.472 e. The van der Waals surface area contributed by atoms with Crippen LogP contribution < -0.4 is 0 Å². The minimum absolute atomic E-state index is 0.107. The summed E-state index contributed by atoms with van der Waals surface area (Å²) in [6.07, 6.45) is 61.1. The topological polar surface area (TPSA) is 237 Å². The predicted molar refractivity (Wildman–Crippen MR) is 414 cm³/mol. The molecule has 0 spiro atoms. The van der Waals surface area contributed by atoms with Gasteiger partial charge < -0.3 is 33.8 Å². The van der Waals surface area contributed by atoms with Gasteiger partial charge in [0.2, 0.25) is 0 Å². The number of phosphoric acid groups is 2. The Morgan fingerprint density at radius 3 is 0.673 bits per heavy atom. The molecule has 19 heteroatoms. The Balaban J connectivity index is 5.20. The zero-order valence-electron chi connectivity index (χ0n) is 66.4. The molecule has 0 bridgehead atoms. The zero-order chi connectivity index (χ0) is 74.4. The molecule has 0 radical (unpaired) electrons. The molecule has 0 rings (SSSR count). The molecular formula is C82H160O17P2. The summed E-state index contributed by atoms with van der Waals surface area (Å²) < 4.78 is 68.7. The third kappa shape index (κ3) is 76.1. The van der Waals surface area contributed by atoms with Crippen molar-refractivity contribution < 1.29 is 80.2 Å². The van der Waals surface area contributed by atoms with Crippen LogP contribution in [0.4, 0.5) is 0 Å². The molecule has 0 aliphatic rings. The number of carbonyl (C=O) groups is 4. The lowest BCUT2D eigenvalue weighted by molar-refractivity contribution is -0.161. The number of unbranched alkanes of at least 4 members (excludes halogenated alkanes) is 48. The van der Waals surface area contributed by atoms with E-state index in [1.54, 1.807) is 0 Å². The maximum absolute atomic E-state index is 13.1. The second-order valence-corrected chi connectivity index (χ2v) is 33.8. The van der Waals surface area contributed by atoms with Crippen LogP contribution in [0, 0.1) is 17.8 Å². The van der Waals surface area contributed by atoms with E-state index >= 15 is 0 Å². The van der Waals surface area contributed by atoms with Crippen molar-refractivity contribution in [1.82, 2.24) is 0 Å². The van der Waals surface area contributed by atoms with Gasteiger partial charge in [0, 0.05) is 25.7 Å². The maximum atomic E-state index is 13.1. The molecule has 0 aliphatic heterocycles. The summed E-state index contributed by atoms with van der Waals surface area (Å²) in [5.74, 6) is 0.293. The molecule has 0 saturated heterocycles. The summed E-state index contributed by atoms with van der Waals surface area (Å²) in [4.78, 5) is 73.0. The molecule has 2 unspecified atom stereocenters. The minimum Gasteiger partial charge on any atom is -0.462 e. The standard InChI is InChI=1S/C82H160O17P2/c1-8-9-10-11-12-42-49-56-63-79(84)92-69-77(98-81(86)66-59-52-45-38-32-26-20-18-23-29-35-41-48-55-62-75(6)7)71-96-100(88,89)94-67-76(83)68-95-101(90,91)97-72-78(70-93-80(85)64-57-50-43-36-30-24-19-17-22-28-34-40-47-54-61-74(4)5)99-82(87)65-58-51-44-37-31-25-16-14-13-15-21-27-33-39-46-53-60-73(2)3/h73-78,83H,8-72H2,1-7H3,(H,88,89)(H,90,91)/t76-,77+,78+/m0/s1. The van der Waals surface area contributed by atoms with Crippen LogP contribution in [0.2, 0.25) is 0 Å². The number of aliphatic hydroxyl groups excluding tert-OH is 1. The quantitative estimate of drug-likeness (QED) is 0.0222. The van der Waals surface area contributed by atoms with Gasteiger partial charge in [0.05, 0.1) is 26.4 Å². The number of carbonyl (C=O) groups excluding carboxylic acids is 4. The van der Waals surface area contributed by atoms with Crippen molar-refractivity contribution in [3.8, 4) is 0 Å². The molecule has 5 atom stereocenters. The fraction of sp³-hybridized carbons (Fsp3) is 0.951. The molecule has 101 heavy (non-hydrogen) atoms. The first-order chi connectivity index (χ1) is 48.7. The molecule has 0 aromatic carbocycles. The van der Waals surface area contributed by atoms with E-state index in [1.165, 1.54) is 231 Å². The average molecular weight is 1480 g/mol. The van der Waals surface area contributed by atoms with Gasteiger partial charge in [0.15, 0.2) is 12.2 Å². The van der Waals surface area contributed by atoms with Crippen LogP contribution in [0.15, 0.2) is 0 Å². The summed E-state index contributed by atoms with van der Waals surface area (Å²) >= 11 is 0. The van der Waals surface area contributed by atoms with E-state index in [2.05, 4.69) is 48.5 Å². The van der Waals surface area contributed by atoms with Gasteiger partial charge in [-0.2, -0.15) is 0 Å². The van der Waals surface area contributed by atoms with Crippen molar-refractivity contribution in [3.05, 3.63) is 0 Å². The van der Waals surface area contributed by atoms with E-state index in [-0.39, 0.29) is 25.7 Å². The average Bonchev–Trinajstić information content (AvgIpc) is 0.956. The Morgan fingerprint density at radius 2 is 0.455 bits per heavy atom. The number of aliphatic hydroxyl groups is 1. The van der Waals surface area contributed by atoms with Crippen LogP contribution >= 0.6 is 15.6 Å². The van der Waals surface area contributed by atoms with Crippen LogP contribution in [0.25, 0.3) is 0 Å². The van der Waals surface area contributed by atoms with E-state index in [1.807, 2.05) is 0 Å². The molecule has 0 aliphatic carbocycles. The fourth-order valence-corrected chi connectivity index (χ4v) is 14.2. The van der Waals surface area contributed by atoms with Crippen molar-refractivity contribution >= 4 is 39.5 Å². The van der Waals surface area contributed by atoms with E-state index < -0.39 is 97.5 Å². The molecule has 0 heterocycles. The smallest absolute Gasteiger partial charge is 0.462 e. The Hall–Kier alpha value is -1.94. The SMILES string of the molecule is CCCCCCCCCCC(=O)OC[C@H](COP(=O)(O)OC[C@H](O)COP(=O)(O)OC[C@@H](COC(=O)CCCCCCCCCCCCCCCCC(C)C)OC(=O)CCCCCCCCCCCCCCCCCCC(C)C)OC(=O)CCCCCCCCCCCCCCCCC(C)C. The number of rotatable bonds is 80. The first kappa shape index (κ1) is 99.1. The molecule has 0 aromatic rings. The second-order valence-electron chi connectivity index (χ2n) is 30.9. The van der Waals surface area contributed by atoms with E-state index in [4.69, 9.17) is 37.0 Å².